The first-order valence-electron chi connectivity index (χ1n) is 4.21. The van der Waals surface area contributed by atoms with Crippen LogP contribution in [0.15, 0.2) is 12.7 Å². The van der Waals surface area contributed by atoms with Gasteiger partial charge in [0.05, 0.1) is 0 Å². The largest absolute Gasteiger partial charge is 0.328 e. The fourth-order valence-corrected chi connectivity index (χ4v) is 1.81. The highest BCUT2D eigenvalue weighted by Gasteiger charge is 1.93. The van der Waals surface area contributed by atoms with E-state index in [-0.39, 0.29) is 0 Å². The molecule has 1 unspecified atom stereocenters. The minimum absolute atomic E-state index is 0.363. The van der Waals surface area contributed by atoms with E-state index in [2.05, 4.69) is 13.5 Å². The maximum Gasteiger partial charge on any atom is 0.00183 e. The Morgan fingerprint density at radius 1 is 1.55 bits per heavy atom. The van der Waals surface area contributed by atoms with Crippen LogP contribution in [0, 0.1) is 0 Å². The molecule has 0 rings (SSSR count). The maximum absolute atomic E-state index is 5.60. The second kappa shape index (κ2) is 8.15. The molecule has 0 aliphatic heterocycles. The van der Waals surface area contributed by atoms with Crippen molar-refractivity contribution in [2.45, 2.75) is 32.2 Å². The molecule has 0 aromatic rings. The molecule has 0 spiro atoms. The first-order valence-corrected chi connectivity index (χ1v) is 5.37. The Morgan fingerprint density at radius 2 is 2.27 bits per heavy atom. The van der Waals surface area contributed by atoms with E-state index in [1.165, 1.54) is 17.9 Å². The van der Waals surface area contributed by atoms with Crippen LogP contribution < -0.4 is 5.73 Å². The number of hydrogen-bond acceptors (Lipinski definition) is 2. The Labute approximate surface area is 74.4 Å². The van der Waals surface area contributed by atoms with Gasteiger partial charge in [-0.05, 0) is 37.7 Å². The molecule has 2 heteroatoms. The molecule has 0 saturated heterocycles. The lowest BCUT2D eigenvalue weighted by atomic mass is 10.3. The van der Waals surface area contributed by atoms with Gasteiger partial charge in [-0.15, -0.1) is 6.58 Å². The first-order chi connectivity index (χ1) is 5.27. The lowest BCUT2D eigenvalue weighted by Crippen LogP contribution is -2.15. The summed E-state index contributed by atoms with van der Waals surface area (Å²) in [5.41, 5.74) is 5.60. The second-order valence-corrected chi connectivity index (χ2v) is 4.03. The number of hydrogen-bond donors (Lipinski definition) is 1. The smallest absolute Gasteiger partial charge is 0.00183 e. The summed E-state index contributed by atoms with van der Waals surface area (Å²) in [4.78, 5) is 0. The van der Waals surface area contributed by atoms with Gasteiger partial charge in [0.2, 0.25) is 0 Å². The molecule has 0 aromatic heterocycles. The third-order valence-corrected chi connectivity index (χ3v) is 2.52. The molecular weight excluding hydrogens is 154 g/mol. The number of thioether (sulfide) groups is 1. The van der Waals surface area contributed by atoms with Crippen LogP contribution in [0.5, 0.6) is 0 Å². The Morgan fingerprint density at radius 3 is 2.82 bits per heavy atom. The van der Waals surface area contributed by atoms with Crippen molar-refractivity contribution >= 4 is 11.8 Å². The van der Waals surface area contributed by atoms with Crippen LogP contribution in [0.2, 0.25) is 0 Å². The average molecular weight is 173 g/mol. The molecule has 2 N–H and O–H groups in total. The first kappa shape index (κ1) is 11.1. The van der Waals surface area contributed by atoms with Gasteiger partial charge in [0.15, 0.2) is 0 Å². The zero-order valence-corrected chi connectivity index (χ0v) is 8.20. The van der Waals surface area contributed by atoms with E-state index in [0.29, 0.717) is 6.04 Å². The molecule has 0 aliphatic carbocycles. The van der Waals surface area contributed by atoms with Crippen LogP contribution in [-0.2, 0) is 0 Å². The highest BCUT2D eigenvalue weighted by Crippen LogP contribution is 2.07. The molecule has 0 fully saturated rings. The Bertz CT molecular complexity index is 91.6. The highest BCUT2D eigenvalue weighted by atomic mass is 32.2. The number of nitrogens with two attached hydrogens (primary N) is 1. The zero-order valence-electron chi connectivity index (χ0n) is 7.38. The van der Waals surface area contributed by atoms with Crippen molar-refractivity contribution in [3.05, 3.63) is 12.7 Å². The van der Waals surface area contributed by atoms with Crippen molar-refractivity contribution in [2.75, 3.05) is 11.5 Å². The molecule has 0 amide bonds. The summed E-state index contributed by atoms with van der Waals surface area (Å²) in [6, 6.07) is 0.363. The predicted octanol–water partition coefficient (Wildman–Crippen LogP) is 2.42. The summed E-state index contributed by atoms with van der Waals surface area (Å²) in [6.45, 7) is 5.74. The lowest BCUT2D eigenvalue weighted by molar-refractivity contribution is 0.721. The van der Waals surface area contributed by atoms with Crippen LogP contribution >= 0.6 is 11.8 Å². The monoisotopic (exact) mass is 173 g/mol. The van der Waals surface area contributed by atoms with Gasteiger partial charge >= 0.3 is 0 Å². The van der Waals surface area contributed by atoms with E-state index < -0.39 is 0 Å². The molecule has 0 aromatic carbocycles. The van der Waals surface area contributed by atoms with Crippen LogP contribution in [0.4, 0.5) is 0 Å². The highest BCUT2D eigenvalue weighted by molar-refractivity contribution is 7.99. The normalized spacial score (nSPS) is 12.9. The van der Waals surface area contributed by atoms with Crippen LogP contribution in [-0.4, -0.2) is 17.5 Å². The topological polar surface area (TPSA) is 26.0 Å². The van der Waals surface area contributed by atoms with E-state index in [4.69, 9.17) is 5.73 Å². The van der Waals surface area contributed by atoms with Crippen molar-refractivity contribution < 1.29 is 0 Å². The van der Waals surface area contributed by atoms with Gasteiger partial charge in [-0.3, -0.25) is 0 Å². The summed E-state index contributed by atoms with van der Waals surface area (Å²) in [5, 5.41) is 0. The van der Waals surface area contributed by atoms with Crippen molar-refractivity contribution in [1.29, 1.82) is 0 Å². The molecular formula is C9H19NS. The van der Waals surface area contributed by atoms with Gasteiger partial charge in [0.25, 0.3) is 0 Å². The number of allylic oxidation sites excluding steroid dienone is 1. The van der Waals surface area contributed by atoms with Gasteiger partial charge in [0, 0.05) is 6.04 Å². The number of unbranched alkanes of at least 4 members (excludes halogenated alkanes) is 1. The van der Waals surface area contributed by atoms with Crippen molar-refractivity contribution in [3.63, 3.8) is 0 Å². The molecule has 11 heavy (non-hydrogen) atoms. The van der Waals surface area contributed by atoms with Gasteiger partial charge in [-0.1, -0.05) is 6.08 Å². The third kappa shape index (κ3) is 10.1. The van der Waals surface area contributed by atoms with Crippen molar-refractivity contribution in [1.82, 2.24) is 0 Å². The SMILES string of the molecule is C=CCCCSCCC(C)N. The Kier molecular flexibility index (Phi) is 8.19. The molecule has 66 valence electrons. The summed E-state index contributed by atoms with van der Waals surface area (Å²) in [5.74, 6) is 2.45. The fourth-order valence-electron chi connectivity index (χ4n) is 0.701. The Balaban J connectivity index is 2.85. The van der Waals surface area contributed by atoms with Crippen LogP contribution in [0.25, 0.3) is 0 Å². The Hall–Kier alpha value is 0.0500. The molecule has 0 radical (unpaired) electrons. The lowest BCUT2D eigenvalue weighted by Gasteiger charge is -2.03. The zero-order chi connectivity index (χ0) is 8.53. The van der Waals surface area contributed by atoms with Crippen molar-refractivity contribution in [2.24, 2.45) is 5.73 Å². The van der Waals surface area contributed by atoms with E-state index in [9.17, 15) is 0 Å². The van der Waals surface area contributed by atoms with Crippen LogP contribution in [0.3, 0.4) is 0 Å². The molecule has 0 aliphatic rings. The van der Waals surface area contributed by atoms with E-state index in [1.807, 2.05) is 17.8 Å². The second-order valence-electron chi connectivity index (χ2n) is 2.81. The quantitative estimate of drug-likeness (QED) is 0.472. The minimum atomic E-state index is 0.363. The van der Waals surface area contributed by atoms with Gasteiger partial charge < -0.3 is 5.73 Å². The molecule has 0 bridgehead atoms. The summed E-state index contributed by atoms with van der Waals surface area (Å²) in [6.07, 6.45) is 5.52. The molecule has 0 saturated carbocycles. The van der Waals surface area contributed by atoms with Gasteiger partial charge in [-0.2, -0.15) is 11.8 Å². The number of rotatable bonds is 7. The molecule has 0 heterocycles. The minimum Gasteiger partial charge on any atom is -0.328 e. The predicted molar refractivity (Wildman–Crippen MR) is 55.0 cm³/mol. The van der Waals surface area contributed by atoms with Crippen LogP contribution in [0.1, 0.15) is 26.2 Å². The third-order valence-electron chi connectivity index (χ3n) is 1.41. The van der Waals surface area contributed by atoms with E-state index in [0.717, 1.165) is 12.8 Å². The van der Waals surface area contributed by atoms with Crippen molar-refractivity contribution in [3.8, 4) is 0 Å². The molecule has 1 atom stereocenters. The summed E-state index contributed by atoms with van der Waals surface area (Å²) in [7, 11) is 0. The van der Waals surface area contributed by atoms with Gasteiger partial charge in [0.1, 0.15) is 0 Å². The van der Waals surface area contributed by atoms with E-state index in [1.54, 1.807) is 0 Å². The van der Waals surface area contributed by atoms with Gasteiger partial charge in [-0.25, -0.2) is 0 Å². The van der Waals surface area contributed by atoms with E-state index >= 15 is 0 Å². The fraction of sp³-hybridized carbons (Fsp3) is 0.778. The summed E-state index contributed by atoms with van der Waals surface area (Å²) < 4.78 is 0. The molecule has 1 nitrogen and oxygen atoms in total. The average Bonchev–Trinajstić information content (AvgIpc) is 1.96. The maximum atomic E-state index is 5.60. The standard InChI is InChI=1S/C9H19NS/c1-3-4-5-7-11-8-6-9(2)10/h3,9H,1,4-8,10H2,2H3. The summed E-state index contributed by atoms with van der Waals surface area (Å²) >= 11 is 1.99.